The van der Waals surface area contributed by atoms with Gasteiger partial charge in [0.05, 0.1) is 5.69 Å². The lowest BCUT2D eigenvalue weighted by molar-refractivity contribution is 1.38. The van der Waals surface area contributed by atoms with E-state index in [2.05, 4.69) is 29.3 Å². The van der Waals surface area contributed by atoms with E-state index in [9.17, 15) is 0 Å². The van der Waals surface area contributed by atoms with E-state index in [0.29, 0.717) is 0 Å². The van der Waals surface area contributed by atoms with Gasteiger partial charge in [0.2, 0.25) is 0 Å². The number of nitrogens with one attached hydrogen (secondary N) is 1. The third-order valence-electron chi connectivity index (χ3n) is 1.21. The zero-order valence-electron chi connectivity index (χ0n) is 7.26. The lowest BCUT2D eigenvalue weighted by atomic mass is 10.5. The highest BCUT2D eigenvalue weighted by Crippen LogP contribution is 2.01. The summed E-state index contributed by atoms with van der Waals surface area (Å²) in [6.07, 6.45) is 3.83. The van der Waals surface area contributed by atoms with Crippen molar-refractivity contribution in [3.8, 4) is 0 Å². The van der Waals surface area contributed by atoms with Crippen molar-refractivity contribution in [1.82, 2.24) is 4.98 Å². The van der Waals surface area contributed by atoms with Crippen molar-refractivity contribution in [2.75, 3.05) is 0 Å². The highest BCUT2D eigenvalue weighted by atomic mass is 28.3. The lowest BCUT2D eigenvalue weighted by Gasteiger charge is -2.06. The summed E-state index contributed by atoms with van der Waals surface area (Å²) < 4.78 is 4.48. The van der Waals surface area contributed by atoms with Crippen molar-refractivity contribution >= 4 is 14.5 Å². The number of hydrogen-bond donors (Lipinski definition) is 1. The minimum atomic E-state index is -1.26. The van der Waals surface area contributed by atoms with Gasteiger partial charge in [0.25, 0.3) is 0 Å². The van der Waals surface area contributed by atoms with Gasteiger partial charge in [-0.3, -0.25) is 0 Å². The molecule has 0 aromatic carbocycles. The summed E-state index contributed by atoms with van der Waals surface area (Å²) in [4.78, 5) is 3.08. The third kappa shape index (κ3) is 3.18. The second-order valence-electron chi connectivity index (χ2n) is 3.55. The number of H-pyrrole nitrogens is 1. The Bertz CT molecular complexity index is 231. The molecule has 11 heavy (non-hydrogen) atoms. The number of aromatic nitrogens is 1. The minimum absolute atomic E-state index is 1.09. The Hall–Kier alpha value is -0.833. The average molecular weight is 166 g/mol. The Morgan fingerprint density at radius 1 is 1.45 bits per heavy atom. The predicted octanol–water partition coefficient (Wildman–Crippen LogP) is 2.27. The first kappa shape index (κ1) is 8.27. The fourth-order valence-electron chi connectivity index (χ4n) is 0.688. The summed E-state index contributed by atoms with van der Waals surface area (Å²) in [5.41, 5.74) is 1.09. The number of aromatic amines is 1. The van der Waals surface area contributed by atoms with Gasteiger partial charge in [-0.2, -0.15) is 0 Å². The van der Waals surface area contributed by atoms with Gasteiger partial charge in [0.1, 0.15) is 0 Å². The van der Waals surface area contributed by atoms with Crippen molar-refractivity contribution in [2.24, 2.45) is 4.66 Å². The van der Waals surface area contributed by atoms with E-state index in [1.54, 1.807) is 0 Å². The van der Waals surface area contributed by atoms with Gasteiger partial charge in [-0.05, 0) is 31.8 Å². The monoisotopic (exact) mass is 166 g/mol. The molecule has 1 rings (SSSR count). The SMILES string of the molecule is C[Si](C)(C)/N=C/c1ccc[nH]1. The van der Waals surface area contributed by atoms with Crippen LogP contribution in [0.3, 0.4) is 0 Å². The molecule has 1 N–H and O–H groups in total. The molecule has 0 aliphatic carbocycles. The van der Waals surface area contributed by atoms with Crippen LogP contribution in [0, 0.1) is 0 Å². The fraction of sp³-hybridized carbons (Fsp3) is 0.375. The van der Waals surface area contributed by atoms with Crippen LogP contribution < -0.4 is 0 Å². The zero-order valence-corrected chi connectivity index (χ0v) is 8.26. The largest absolute Gasteiger partial charge is 0.360 e. The van der Waals surface area contributed by atoms with Gasteiger partial charge in [-0.15, -0.1) is 0 Å². The molecule has 0 spiro atoms. The Labute approximate surface area is 68.5 Å². The van der Waals surface area contributed by atoms with E-state index < -0.39 is 8.24 Å². The van der Waals surface area contributed by atoms with Gasteiger partial charge in [-0.25, -0.2) is 0 Å². The van der Waals surface area contributed by atoms with E-state index in [0.717, 1.165) is 5.69 Å². The molecule has 0 amide bonds. The fourth-order valence-corrected chi connectivity index (χ4v) is 1.21. The first-order valence-corrected chi connectivity index (χ1v) is 7.21. The van der Waals surface area contributed by atoms with Gasteiger partial charge in [0.15, 0.2) is 8.24 Å². The summed E-state index contributed by atoms with van der Waals surface area (Å²) in [5.74, 6) is 0. The number of hydrogen-bond acceptors (Lipinski definition) is 1. The second kappa shape index (κ2) is 3.05. The van der Waals surface area contributed by atoms with E-state index >= 15 is 0 Å². The molecular weight excluding hydrogens is 152 g/mol. The molecule has 3 heteroatoms. The number of rotatable bonds is 2. The van der Waals surface area contributed by atoms with Crippen LogP contribution in [0.2, 0.25) is 19.6 Å². The maximum absolute atomic E-state index is 4.48. The molecule has 0 bridgehead atoms. The quantitative estimate of drug-likeness (QED) is 0.516. The van der Waals surface area contributed by atoms with Crippen molar-refractivity contribution in [2.45, 2.75) is 19.6 Å². The molecule has 0 fully saturated rings. The lowest BCUT2D eigenvalue weighted by Crippen LogP contribution is -2.16. The Morgan fingerprint density at radius 2 is 2.18 bits per heavy atom. The normalized spacial score (nSPS) is 12.6. The van der Waals surface area contributed by atoms with Crippen molar-refractivity contribution < 1.29 is 0 Å². The average Bonchev–Trinajstić information content (AvgIpc) is 2.32. The molecule has 1 aromatic heterocycles. The van der Waals surface area contributed by atoms with Crippen LogP contribution in [0.4, 0.5) is 0 Å². The molecule has 2 nitrogen and oxygen atoms in total. The summed E-state index contributed by atoms with van der Waals surface area (Å²) in [6.45, 7) is 6.64. The third-order valence-corrected chi connectivity index (χ3v) is 2.12. The van der Waals surface area contributed by atoms with Crippen molar-refractivity contribution in [3.05, 3.63) is 24.0 Å². The topological polar surface area (TPSA) is 28.1 Å². The molecule has 1 aromatic rings. The molecule has 60 valence electrons. The summed E-state index contributed by atoms with van der Waals surface area (Å²) in [7, 11) is -1.26. The maximum Gasteiger partial charge on any atom is 0.172 e. The van der Waals surface area contributed by atoms with Crippen molar-refractivity contribution in [1.29, 1.82) is 0 Å². The smallest absolute Gasteiger partial charge is 0.172 e. The molecule has 1 heterocycles. The zero-order chi connectivity index (χ0) is 8.32. The molecule has 0 atom stereocenters. The van der Waals surface area contributed by atoms with Gasteiger partial charge < -0.3 is 9.64 Å². The van der Waals surface area contributed by atoms with Crippen LogP contribution in [-0.4, -0.2) is 19.4 Å². The van der Waals surface area contributed by atoms with Crippen molar-refractivity contribution in [3.63, 3.8) is 0 Å². The molecule has 0 unspecified atom stereocenters. The van der Waals surface area contributed by atoms with E-state index in [4.69, 9.17) is 0 Å². The first-order chi connectivity index (χ1) is 5.08. The van der Waals surface area contributed by atoms with Gasteiger partial charge in [0, 0.05) is 12.4 Å². The van der Waals surface area contributed by atoms with E-state index in [1.807, 2.05) is 24.5 Å². The summed E-state index contributed by atoms with van der Waals surface area (Å²) >= 11 is 0. The Balaban J connectivity index is 2.63. The predicted molar refractivity (Wildman–Crippen MR) is 51.7 cm³/mol. The van der Waals surface area contributed by atoms with Crippen LogP contribution in [-0.2, 0) is 0 Å². The van der Waals surface area contributed by atoms with Crippen LogP contribution in [0.25, 0.3) is 0 Å². The molecule has 0 aliphatic rings. The van der Waals surface area contributed by atoms with Crippen LogP contribution in [0.1, 0.15) is 5.69 Å². The number of nitrogens with zero attached hydrogens (tertiary/aromatic N) is 1. The molecule has 0 saturated carbocycles. The van der Waals surface area contributed by atoms with Gasteiger partial charge in [-0.1, -0.05) is 0 Å². The summed E-state index contributed by atoms with van der Waals surface area (Å²) in [5, 5.41) is 0. The Morgan fingerprint density at radius 3 is 2.64 bits per heavy atom. The second-order valence-corrected chi connectivity index (χ2v) is 8.15. The minimum Gasteiger partial charge on any atom is -0.360 e. The molecule has 0 aliphatic heterocycles. The summed E-state index contributed by atoms with van der Waals surface area (Å²) in [6, 6.07) is 4.00. The van der Waals surface area contributed by atoms with Gasteiger partial charge >= 0.3 is 0 Å². The molecule has 0 radical (unpaired) electrons. The van der Waals surface area contributed by atoms with Crippen LogP contribution >= 0.6 is 0 Å². The van der Waals surface area contributed by atoms with Crippen LogP contribution in [0.5, 0.6) is 0 Å². The first-order valence-electron chi connectivity index (χ1n) is 3.76. The highest BCUT2D eigenvalue weighted by molar-refractivity contribution is 6.75. The molecular formula is C8H14N2Si. The molecule has 0 saturated heterocycles. The maximum atomic E-state index is 4.48. The van der Waals surface area contributed by atoms with E-state index in [-0.39, 0.29) is 0 Å². The Kier molecular flexibility index (Phi) is 2.29. The standard InChI is InChI=1S/C8H14N2Si/c1-11(2,3)10-7-8-5-4-6-9-8/h4-7,9H,1-3H3/b10-7+. The van der Waals surface area contributed by atoms with E-state index in [1.165, 1.54) is 0 Å². The highest BCUT2D eigenvalue weighted by Gasteiger charge is 2.08. The van der Waals surface area contributed by atoms with Crippen LogP contribution in [0.15, 0.2) is 23.0 Å².